The lowest BCUT2D eigenvalue weighted by molar-refractivity contribution is 0.0522. The van der Waals surface area contributed by atoms with E-state index in [2.05, 4.69) is 24.5 Å². The van der Waals surface area contributed by atoms with Gasteiger partial charge < -0.3 is 15.4 Å². The van der Waals surface area contributed by atoms with Gasteiger partial charge >= 0.3 is 6.09 Å². The molecule has 1 unspecified atom stereocenters. The van der Waals surface area contributed by atoms with Crippen LogP contribution in [0, 0.1) is 0 Å². The molecular weight excluding hydrogens is 240 g/mol. The number of hydrogen-bond acceptors (Lipinski definition) is 3. The normalized spacial score (nSPS) is 13.1. The van der Waals surface area contributed by atoms with E-state index < -0.39 is 5.60 Å². The van der Waals surface area contributed by atoms with E-state index in [9.17, 15) is 4.79 Å². The van der Waals surface area contributed by atoms with Crippen molar-refractivity contribution in [1.29, 1.82) is 0 Å². The van der Waals surface area contributed by atoms with E-state index in [4.69, 9.17) is 4.74 Å². The number of ether oxygens (including phenoxy) is 1. The summed E-state index contributed by atoms with van der Waals surface area (Å²) in [5.41, 5.74) is -0.432. The van der Waals surface area contributed by atoms with Crippen LogP contribution in [-0.2, 0) is 4.74 Å². The first kappa shape index (κ1) is 18.2. The first-order valence-corrected chi connectivity index (χ1v) is 7.59. The lowest BCUT2D eigenvalue weighted by Gasteiger charge is -2.22. The van der Waals surface area contributed by atoms with E-state index >= 15 is 0 Å². The average molecular weight is 272 g/mol. The number of amides is 1. The Labute approximate surface area is 118 Å². The Kier molecular flexibility index (Phi) is 9.66. The van der Waals surface area contributed by atoms with Crippen LogP contribution in [0.5, 0.6) is 0 Å². The minimum atomic E-state index is -0.432. The zero-order chi connectivity index (χ0) is 14.7. The van der Waals surface area contributed by atoms with Crippen molar-refractivity contribution in [1.82, 2.24) is 10.6 Å². The highest BCUT2D eigenvalue weighted by atomic mass is 16.6. The predicted octanol–water partition coefficient (Wildman–Crippen LogP) is 3.46. The van der Waals surface area contributed by atoms with Crippen molar-refractivity contribution in [2.24, 2.45) is 0 Å². The standard InChI is InChI=1S/C15H32N2O2/c1-6-8-9-11-16-13(10-7-2)12-17-14(18)19-15(3,4)5/h13,16H,6-12H2,1-5H3,(H,17,18). The van der Waals surface area contributed by atoms with Crippen LogP contribution in [0.2, 0.25) is 0 Å². The fourth-order valence-corrected chi connectivity index (χ4v) is 1.83. The van der Waals surface area contributed by atoms with Gasteiger partial charge in [0.1, 0.15) is 5.60 Å². The molecule has 0 rings (SSSR count). The Morgan fingerprint density at radius 3 is 2.37 bits per heavy atom. The van der Waals surface area contributed by atoms with Gasteiger partial charge in [-0.1, -0.05) is 33.1 Å². The molecule has 0 saturated heterocycles. The molecule has 2 N–H and O–H groups in total. The third-order valence-corrected chi connectivity index (χ3v) is 2.74. The second-order valence-electron chi connectivity index (χ2n) is 6.03. The summed E-state index contributed by atoms with van der Waals surface area (Å²) < 4.78 is 5.23. The average Bonchev–Trinajstić information content (AvgIpc) is 2.29. The molecule has 0 aromatic carbocycles. The summed E-state index contributed by atoms with van der Waals surface area (Å²) in [4.78, 5) is 11.6. The van der Waals surface area contributed by atoms with Gasteiger partial charge in [-0.25, -0.2) is 4.79 Å². The summed E-state index contributed by atoms with van der Waals surface area (Å²) in [5, 5.41) is 6.34. The number of carbonyl (C=O) groups excluding carboxylic acids is 1. The molecule has 0 fully saturated rings. The quantitative estimate of drug-likeness (QED) is 0.632. The molecule has 0 saturated carbocycles. The molecule has 0 spiro atoms. The fraction of sp³-hybridized carbons (Fsp3) is 0.933. The number of unbranched alkanes of at least 4 members (excludes halogenated alkanes) is 2. The van der Waals surface area contributed by atoms with Gasteiger partial charge in [0.25, 0.3) is 0 Å². The first-order chi connectivity index (χ1) is 8.89. The third-order valence-electron chi connectivity index (χ3n) is 2.74. The smallest absolute Gasteiger partial charge is 0.407 e. The molecule has 114 valence electrons. The highest BCUT2D eigenvalue weighted by Crippen LogP contribution is 2.06. The van der Waals surface area contributed by atoms with Crippen molar-refractivity contribution in [2.45, 2.75) is 78.4 Å². The van der Waals surface area contributed by atoms with E-state index in [1.54, 1.807) is 0 Å². The van der Waals surface area contributed by atoms with Crippen LogP contribution >= 0.6 is 0 Å². The molecule has 0 bridgehead atoms. The van der Waals surface area contributed by atoms with Crippen LogP contribution in [0.3, 0.4) is 0 Å². The minimum absolute atomic E-state index is 0.330. The van der Waals surface area contributed by atoms with Gasteiger partial charge in [0.2, 0.25) is 0 Å². The van der Waals surface area contributed by atoms with E-state index in [0.717, 1.165) is 19.4 Å². The molecule has 0 aliphatic heterocycles. The van der Waals surface area contributed by atoms with Crippen molar-refractivity contribution in [3.05, 3.63) is 0 Å². The van der Waals surface area contributed by atoms with E-state index in [1.165, 1.54) is 19.3 Å². The molecule has 0 aliphatic rings. The maximum Gasteiger partial charge on any atom is 0.407 e. The second-order valence-corrected chi connectivity index (χ2v) is 6.03. The van der Waals surface area contributed by atoms with Gasteiger partial charge in [-0.3, -0.25) is 0 Å². The minimum Gasteiger partial charge on any atom is -0.444 e. The molecule has 0 heterocycles. The SMILES string of the molecule is CCCCCNC(CCC)CNC(=O)OC(C)(C)C. The summed E-state index contributed by atoms with van der Waals surface area (Å²) >= 11 is 0. The molecule has 1 amide bonds. The Morgan fingerprint density at radius 1 is 1.16 bits per heavy atom. The van der Waals surface area contributed by atoms with Crippen LogP contribution in [0.1, 0.15) is 66.7 Å². The Hall–Kier alpha value is -0.770. The Balaban J connectivity index is 3.89. The lowest BCUT2D eigenvalue weighted by atomic mass is 10.1. The zero-order valence-electron chi connectivity index (χ0n) is 13.3. The maximum absolute atomic E-state index is 11.6. The number of rotatable bonds is 9. The van der Waals surface area contributed by atoms with E-state index in [-0.39, 0.29) is 6.09 Å². The van der Waals surface area contributed by atoms with Gasteiger partial charge in [-0.05, 0) is 40.2 Å². The van der Waals surface area contributed by atoms with Gasteiger partial charge in [-0.2, -0.15) is 0 Å². The van der Waals surface area contributed by atoms with Gasteiger partial charge in [-0.15, -0.1) is 0 Å². The predicted molar refractivity (Wildman–Crippen MR) is 80.5 cm³/mol. The van der Waals surface area contributed by atoms with Crippen LogP contribution in [0.15, 0.2) is 0 Å². The van der Waals surface area contributed by atoms with Crippen molar-refractivity contribution in [2.75, 3.05) is 13.1 Å². The Morgan fingerprint density at radius 2 is 1.84 bits per heavy atom. The molecule has 4 nitrogen and oxygen atoms in total. The maximum atomic E-state index is 11.6. The number of carbonyl (C=O) groups is 1. The largest absolute Gasteiger partial charge is 0.444 e. The molecule has 19 heavy (non-hydrogen) atoms. The summed E-state index contributed by atoms with van der Waals surface area (Å²) in [5.74, 6) is 0. The molecule has 4 heteroatoms. The van der Waals surface area contributed by atoms with Crippen molar-refractivity contribution in [3.63, 3.8) is 0 Å². The molecule has 0 radical (unpaired) electrons. The van der Waals surface area contributed by atoms with Crippen molar-refractivity contribution in [3.8, 4) is 0 Å². The fourth-order valence-electron chi connectivity index (χ4n) is 1.83. The number of nitrogens with one attached hydrogen (secondary N) is 2. The van der Waals surface area contributed by atoms with Gasteiger partial charge in [0, 0.05) is 12.6 Å². The summed E-state index contributed by atoms with van der Waals surface area (Å²) in [6.45, 7) is 11.6. The van der Waals surface area contributed by atoms with Gasteiger partial charge in [0.15, 0.2) is 0 Å². The zero-order valence-corrected chi connectivity index (χ0v) is 13.3. The topological polar surface area (TPSA) is 50.4 Å². The first-order valence-electron chi connectivity index (χ1n) is 7.59. The van der Waals surface area contributed by atoms with E-state index in [1.807, 2.05) is 20.8 Å². The Bertz CT molecular complexity index is 237. The van der Waals surface area contributed by atoms with Crippen LogP contribution in [0.25, 0.3) is 0 Å². The monoisotopic (exact) mass is 272 g/mol. The van der Waals surface area contributed by atoms with Crippen LogP contribution in [-0.4, -0.2) is 30.8 Å². The molecule has 0 aromatic heterocycles. The molecule has 0 aromatic rings. The van der Waals surface area contributed by atoms with E-state index in [0.29, 0.717) is 12.6 Å². The highest BCUT2D eigenvalue weighted by molar-refractivity contribution is 5.67. The second kappa shape index (κ2) is 10.1. The summed E-state index contributed by atoms with van der Waals surface area (Å²) in [6, 6.07) is 0.342. The number of alkyl carbamates (subject to hydrolysis) is 1. The summed E-state index contributed by atoms with van der Waals surface area (Å²) in [7, 11) is 0. The highest BCUT2D eigenvalue weighted by Gasteiger charge is 2.17. The molecule has 1 atom stereocenters. The van der Waals surface area contributed by atoms with Crippen molar-refractivity contribution < 1.29 is 9.53 Å². The van der Waals surface area contributed by atoms with Crippen molar-refractivity contribution >= 4 is 6.09 Å². The summed E-state index contributed by atoms with van der Waals surface area (Å²) in [6.07, 6.45) is 5.54. The third kappa shape index (κ3) is 12.0. The molecular formula is C15H32N2O2. The molecule has 0 aliphatic carbocycles. The van der Waals surface area contributed by atoms with Crippen LogP contribution < -0.4 is 10.6 Å². The van der Waals surface area contributed by atoms with Gasteiger partial charge in [0.05, 0.1) is 0 Å². The van der Waals surface area contributed by atoms with Crippen LogP contribution in [0.4, 0.5) is 4.79 Å². The number of hydrogen-bond donors (Lipinski definition) is 2. The lowest BCUT2D eigenvalue weighted by Crippen LogP contribution is -2.43.